The molecule has 0 aliphatic carbocycles. The van der Waals surface area contributed by atoms with Crippen LogP contribution in [0.2, 0.25) is 10.0 Å². The summed E-state index contributed by atoms with van der Waals surface area (Å²) in [5, 5.41) is 10.6. The molecule has 4 rings (SSSR count). The van der Waals surface area contributed by atoms with E-state index in [9.17, 15) is 4.79 Å². The summed E-state index contributed by atoms with van der Waals surface area (Å²) in [6.07, 6.45) is 5.20. The van der Waals surface area contributed by atoms with Gasteiger partial charge in [-0.25, -0.2) is 14.8 Å². The van der Waals surface area contributed by atoms with Crippen molar-refractivity contribution in [3.05, 3.63) is 87.9 Å². The van der Waals surface area contributed by atoms with E-state index in [0.29, 0.717) is 28.3 Å². The highest BCUT2D eigenvalue weighted by Crippen LogP contribution is 2.26. The number of methoxy groups -OCH3 is 1. The maximum Gasteiger partial charge on any atom is 0.315 e. The third kappa shape index (κ3) is 6.38. The van der Waals surface area contributed by atoms with Crippen LogP contribution in [0.4, 0.5) is 4.79 Å². The molecule has 1 aliphatic heterocycles. The van der Waals surface area contributed by atoms with E-state index >= 15 is 0 Å². The average Bonchev–Trinajstić information content (AvgIpc) is 3.31. The van der Waals surface area contributed by atoms with E-state index in [1.54, 1.807) is 25.6 Å². The van der Waals surface area contributed by atoms with Crippen molar-refractivity contribution in [1.82, 2.24) is 25.9 Å². The second kappa shape index (κ2) is 11.5. The number of benzene rings is 2. The first-order valence-corrected chi connectivity index (χ1v) is 11.9. The Labute approximate surface area is 209 Å². The van der Waals surface area contributed by atoms with Crippen LogP contribution in [0.3, 0.4) is 0 Å². The van der Waals surface area contributed by atoms with Gasteiger partial charge in [-0.1, -0.05) is 41.4 Å². The number of halogens is 2. The van der Waals surface area contributed by atoms with Gasteiger partial charge in [-0.05, 0) is 66.8 Å². The number of aromatic nitrogens is 2. The van der Waals surface area contributed by atoms with Gasteiger partial charge in [0.25, 0.3) is 0 Å². The molecule has 0 radical (unpaired) electrons. The highest BCUT2D eigenvalue weighted by molar-refractivity contribution is 6.42. The van der Waals surface area contributed by atoms with E-state index in [1.807, 2.05) is 42.5 Å². The maximum atomic E-state index is 12.8. The SMILES string of the molecule is COc1ccc(C(NC(=O)NCC2CC(Cc3ccc(Cl)c(Cl)c3)CN2)c2ncccn2)cc1. The number of carbonyl (C=O) groups is 1. The van der Waals surface area contributed by atoms with Gasteiger partial charge in [0, 0.05) is 25.0 Å². The van der Waals surface area contributed by atoms with Crippen LogP contribution in [0, 0.1) is 5.92 Å². The molecule has 0 bridgehead atoms. The zero-order valence-electron chi connectivity index (χ0n) is 18.8. The van der Waals surface area contributed by atoms with Crippen molar-refractivity contribution in [1.29, 1.82) is 0 Å². The first kappa shape index (κ1) is 24.3. The molecule has 9 heteroatoms. The van der Waals surface area contributed by atoms with Crippen LogP contribution in [0.15, 0.2) is 60.9 Å². The number of ether oxygens (including phenoxy) is 1. The number of nitrogens with one attached hydrogen (secondary N) is 3. The molecule has 2 heterocycles. The summed E-state index contributed by atoms with van der Waals surface area (Å²) < 4.78 is 5.24. The minimum atomic E-state index is -0.481. The molecule has 1 fully saturated rings. The number of rotatable bonds is 8. The third-order valence-corrected chi connectivity index (χ3v) is 6.64. The first-order valence-electron chi connectivity index (χ1n) is 11.1. The molecule has 178 valence electrons. The topological polar surface area (TPSA) is 88.2 Å². The smallest absolute Gasteiger partial charge is 0.315 e. The third-order valence-electron chi connectivity index (χ3n) is 5.90. The summed E-state index contributed by atoms with van der Waals surface area (Å²) in [6, 6.07) is 14.4. The van der Waals surface area contributed by atoms with Crippen molar-refractivity contribution < 1.29 is 9.53 Å². The van der Waals surface area contributed by atoms with Crippen LogP contribution in [-0.4, -0.2) is 42.2 Å². The predicted molar refractivity (Wildman–Crippen MR) is 133 cm³/mol. The second-order valence-electron chi connectivity index (χ2n) is 8.33. The van der Waals surface area contributed by atoms with Crippen molar-refractivity contribution in [3.63, 3.8) is 0 Å². The number of urea groups is 1. The molecule has 1 saturated heterocycles. The maximum absolute atomic E-state index is 12.8. The monoisotopic (exact) mass is 499 g/mol. The summed E-state index contributed by atoms with van der Waals surface area (Å²) in [7, 11) is 1.62. The minimum Gasteiger partial charge on any atom is -0.497 e. The van der Waals surface area contributed by atoms with Gasteiger partial charge in [-0.2, -0.15) is 0 Å². The van der Waals surface area contributed by atoms with E-state index in [2.05, 4.69) is 25.9 Å². The molecule has 3 atom stereocenters. The summed E-state index contributed by atoms with van der Waals surface area (Å²) in [5.41, 5.74) is 2.03. The highest BCUT2D eigenvalue weighted by Gasteiger charge is 2.25. The zero-order valence-corrected chi connectivity index (χ0v) is 20.3. The Morgan fingerprint density at radius 3 is 2.62 bits per heavy atom. The zero-order chi connectivity index (χ0) is 23.9. The molecule has 3 aromatic rings. The molecule has 34 heavy (non-hydrogen) atoms. The number of nitrogens with zero attached hydrogens (tertiary/aromatic N) is 2. The van der Waals surface area contributed by atoms with Gasteiger partial charge in [-0.15, -0.1) is 0 Å². The summed E-state index contributed by atoms with van der Waals surface area (Å²) in [6.45, 7) is 1.41. The number of hydrogen-bond donors (Lipinski definition) is 3. The van der Waals surface area contributed by atoms with Crippen LogP contribution in [0.5, 0.6) is 5.75 Å². The number of amides is 2. The van der Waals surface area contributed by atoms with Crippen LogP contribution in [0.1, 0.15) is 29.4 Å². The van der Waals surface area contributed by atoms with Crippen LogP contribution in [-0.2, 0) is 6.42 Å². The fourth-order valence-corrected chi connectivity index (χ4v) is 4.49. The Kier molecular flexibility index (Phi) is 8.21. The molecule has 1 aliphatic rings. The Morgan fingerprint density at radius 2 is 1.91 bits per heavy atom. The normalized spacial score (nSPS) is 18.3. The standard InChI is InChI=1S/C25H27Cl2N5O2/c1-34-20-6-4-18(5-7-20)23(24-28-9-2-10-29-24)32-25(33)31-15-19-12-17(14-30-19)11-16-3-8-21(26)22(27)13-16/h2-10,13,17,19,23,30H,11-12,14-15H2,1H3,(H2,31,32,33). The van der Waals surface area contributed by atoms with Crippen LogP contribution < -0.4 is 20.7 Å². The lowest BCUT2D eigenvalue weighted by molar-refractivity contribution is 0.237. The van der Waals surface area contributed by atoms with Gasteiger partial charge >= 0.3 is 6.03 Å². The second-order valence-corrected chi connectivity index (χ2v) is 9.14. The van der Waals surface area contributed by atoms with Crippen molar-refractivity contribution >= 4 is 29.2 Å². The summed E-state index contributed by atoms with van der Waals surface area (Å²) in [4.78, 5) is 21.4. The van der Waals surface area contributed by atoms with E-state index in [1.165, 1.54) is 0 Å². The molecule has 3 unspecified atom stereocenters. The van der Waals surface area contributed by atoms with Gasteiger partial charge < -0.3 is 20.7 Å². The number of carbonyl (C=O) groups excluding carboxylic acids is 1. The molecule has 0 saturated carbocycles. The molecule has 2 amide bonds. The van der Waals surface area contributed by atoms with Gasteiger partial charge in [0.1, 0.15) is 11.8 Å². The van der Waals surface area contributed by atoms with E-state index < -0.39 is 6.04 Å². The molecular formula is C25H27Cl2N5O2. The number of hydrogen-bond acceptors (Lipinski definition) is 5. The minimum absolute atomic E-state index is 0.200. The van der Waals surface area contributed by atoms with Crippen molar-refractivity contribution in [2.75, 3.05) is 20.2 Å². The van der Waals surface area contributed by atoms with Crippen molar-refractivity contribution in [2.24, 2.45) is 5.92 Å². The molecule has 2 aromatic carbocycles. The lowest BCUT2D eigenvalue weighted by Crippen LogP contribution is -2.44. The van der Waals surface area contributed by atoms with E-state index in [-0.39, 0.29) is 12.1 Å². The molecule has 7 nitrogen and oxygen atoms in total. The van der Waals surface area contributed by atoms with Crippen LogP contribution in [0.25, 0.3) is 0 Å². The largest absolute Gasteiger partial charge is 0.497 e. The highest BCUT2D eigenvalue weighted by atomic mass is 35.5. The lowest BCUT2D eigenvalue weighted by Gasteiger charge is -2.19. The quantitative estimate of drug-likeness (QED) is 0.427. The average molecular weight is 500 g/mol. The van der Waals surface area contributed by atoms with Gasteiger partial charge in [0.05, 0.1) is 17.2 Å². The summed E-state index contributed by atoms with van der Waals surface area (Å²) in [5.74, 6) is 1.73. The van der Waals surface area contributed by atoms with Crippen molar-refractivity contribution in [2.45, 2.75) is 24.9 Å². The van der Waals surface area contributed by atoms with Crippen LogP contribution >= 0.6 is 23.2 Å². The van der Waals surface area contributed by atoms with E-state index in [0.717, 1.165) is 36.3 Å². The first-order chi connectivity index (χ1) is 16.5. The lowest BCUT2D eigenvalue weighted by atomic mass is 9.97. The molecule has 0 spiro atoms. The molecular weight excluding hydrogens is 473 g/mol. The Morgan fingerprint density at radius 1 is 1.15 bits per heavy atom. The van der Waals surface area contributed by atoms with Gasteiger partial charge in [0.2, 0.25) is 0 Å². The van der Waals surface area contributed by atoms with E-state index in [4.69, 9.17) is 27.9 Å². The predicted octanol–water partition coefficient (Wildman–Crippen LogP) is 4.40. The Hall–Kier alpha value is -2.87. The van der Waals surface area contributed by atoms with Gasteiger partial charge in [0.15, 0.2) is 5.82 Å². The fourth-order valence-electron chi connectivity index (χ4n) is 4.16. The van der Waals surface area contributed by atoms with Gasteiger partial charge in [-0.3, -0.25) is 0 Å². The summed E-state index contributed by atoms with van der Waals surface area (Å²) >= 11 is 12.2. The molecule has 3 N–H and O–H groups in total. The Bertz CT molecular complexity index is 1100. The molecule has 1 aromatic heterocycles. The Balaban J connectivity index is 1.32. The fraction of sp³-hybridized carbons (Fsp3) is 0.320. The van der Waals surface area contributed by atoms with Crippen molar-refractivity contribution in [3.8, 4) is 5.75 Å².